The van der Waals surface area contributed by atoms with E-state index in [1.807, 2.05) is 0 Å². The minimum atomic E-state index is -1.07. The summed E-state index contributed by atoms with van der Waals surface area (Å²) in [5.41, 5.74) is 0.805. The number of ether oxygens (including phenoxy) is 2. The number of carbonyl (C=O) groups is 3. The molecule has 1 aromatic carbocycles. The molecule has 0 spiro atoms. The average Bonchev–Trinajstić information content (AvgIpc) is 3.05. The summed E-state index contributed by atoms with van der Waals surface area (Å²) in [5, 5.41) is 3.01. The molecule has 0 unspecified atom stereocenters. The Labute approximate surface area is 149 Å². The van der Waals surface area contributed by atoms with Crippen molar-refractivity contribution in [2.75, 3.05) is 12.4 Å². The number of aromatic nitrogens is 1. The third kappa shape index (κ3) is 4.60. The highest BCUT2D eigenvalue weighted by Crippen LogP contribution is 2.27. The first-order valence-electron chi connectivity index (χ1n) is 7.36. The first-order chi connectivity index (χ1) is 11.8. The molecule has 1 atom stereocenters. The maximum Gasteiger partial charge on any atom is 0.355 e. The predicted octanol–water partition coefficient (Wildman–Crippen LogP) is 3.06. The van der Waals surface area contributed by atoms with E-state index in [0.29, 0.717) is 22.0 Å². The predicted molar refractivity (Wildman–Crippen MR) is 92.3 cm³/mol. The molecule has 1 amide bonds. The number of nitrogens with one attached hydrogen (secondary N) is 2. The van der Waals surface area contributed by atoms with Crippen molar-refractivity contribution in [3.8, 4) is 5.75 Å². The van der Waals surface area contributed by atoms with Crippen LogP contribution in [0.25, 0.3) is 0 Å². The van der Waals surface area contributed by atoms with Gasteiger partial charge in [0.25, 0.3) is 5.91 Å². The molecule has 2 N–H and O–H groups in total. The maximum atomic E-state index is 12.2. The van der Waals surface area contributed by atoms with Crippen LogP contribution >= 0.6 is 11.6 Å². The Kier molecular flexibility index (Phi) is 5.82. The number of rotatable bonds is 6. The lowest BCUT2D eigenvalue weighted by atomic mass is 10.2. The monoisotopic (exact) mass is 364 g/mol. The Morgan fingerprint density at radius 3 is 2.56 bits per heavy atom. The molecule has 0 radical (unpaired) electrons. The molecule has 0 aliphatic carbocycles. The number of ketones is 1. The number of H-pyrrole nitrogens is 1. The topological polar surface area (TPSA) is 97.5 Å². The van der Waals surface area contributed by atoms with Gasteiger partial charge in [0.15, 0.2) is 11.9 Å². The molecule has 25 heavy (non-hydrogen) atoms. The first kappa shape index (κ1) is 18.5. The van der Waals surface area contributed by atoms with Gasteiger partial charge in [-0.3, -0.25) is 9.59 Å². The van der Waals surface area contributed by atoms with Crippen molar-refractivity contribution in [2.24, 2.45) is 0 Å². The number of hydrogen-bond donors (Lipinski definition) is 2. The highest BCUT2D eigenvalue weighted by atomic mass is 35.5. The second-order valence-corrected chi connectivity index (χ2v) is 5.68. The smallest absolute Gasteiger partial charge is 0.355 e. The number of methoxy groups -OCH3 is 1. The number of benzene rings is 1. The highest BCUT2D eigenvalue weighted by Gasteiger charge is 2.21. The fraction of sp³-hybridized carbons (Fsp3) is 0.235. The molecule has 0 fully saturated rings. The zero-order chi connectivity index (χ0) is 18.6. The van der Waals surface area contributed by atoms with Crippen LogP contribution < -0.4 is 10.1 Å². The van der Waals surface area contributed by atoms with Crippen LogP contribution in [0, 0.1) is 0 Å². The van der Waals surface area contributed by atoms with Crippen molar-refractivity contribution >= 4 is 34.9 Å². The summed E-state index contributed by atoms with van der Waals surface area (Å²) < 4.78 is 10.2. The number of halogens is 1. The number of hydrogen-bond acceptors (Lipinski definition) is 5. The lowest BCUT2D eigenvalue weighted by molar-refractivity contribution is -0.123. The molecule has 0 saturated carbocycles. The molecule has 7 nitrogen and oxygen atoms in total. The minimum absolute atomic E-state index is 0.0881. The van der Waals surface area contributed by atoms with E-state index in [9.17, 15) is 14.4 Å². The normalized spacial score (nSPS) is 11.5. The van der Waals surface area contributed by atoms with E-state index in [4.69, 9.17) is 21.1 Å². The molecule has 2 aromatic rings. The summed E-state index contributed by atoms with van der Waals surface area (Å²) in [6.45, 7) is 2.81. The Balaban J connectivity index is 2.03. The molecule has 132 valence electrons. The van der Waals surface area contributed by atoms with Crippen LogP contribution in [0.4, 0.5) is 5.69 Å². The van der Waals surface area contributed by atoms with Crippen LogP contribution in [0.1, 0.15) is 34.7 Å². The van der Waals surface area contributed by atoms with E-state index in [1.54, 1.807) is 12.1 Å². The quantitative estimate of drug-likeness (QED) is 0.606. The van der Waals surface area contributed by atoms with Crippen LogP contribution in [0.5, 0.6) is 5.75 Å². The van der Waals surface area contributed by atoms with E-state index in [0.717, 1.165) is 0 Å². The summed E-state index contributed by atoms with van der Waals surface area (Å²) in [6, 6.07) is 6.13. The number of esters is 1. The van der Waals surface area contributed by atoms with Crippen molar-refractivity contribution < 1.29 is 23.9 Å². The molecule has 0 saturated heterocycles. The largest absolute Gasteiger partial charge is 0.495 e. The van der Waals surface area contributed by atoms with Gasteiger partial charge in [-0.15, -0.1) is 0 Å². The molecule has 0 bridgehead atoms. The zero-order valence-corrected chi connectivity index (χ0v) is 14.6. The molecule has 1 heterocycles. The van der Waals surface area contributed by atoms with Crippen LogP contribution in [-0.2, 0) is 9.53 Å². The number of aromatic amines is 1. The molecular formula is C17H17ClN2O5. The molecule has 8 heteroatoms. The van der Waals surface area contributed by atoms with Gasteiger partial charge in [-0.1, -0.05) is 11.6 Å². The Morgan fingerprint density at radius 2 is 1.96 bits per heavy atom. The van der Waals surface area contributed by atoms with Gasteiger partial charge in [-0.25, -0.2) is 4.79 Å². The third-order valence-corrected chi connectivity index (χ3v) is 3.62. The second kappa shape index (κ2) is 7.85. The molecular weight excluding hydrogens is 348 g/mol. The Morgan fingerprint density at radius 1 is 1.24 bits per heavy atom. The maximum absolute atomic E-state index is 12.2. The van der Waals surface area contributed by atoms with Gasteiger partial charge in [0.1, 0.15) is 11.4 Å². The lowest BCUT2D eigenvalue weighted by Gasteiger charge is -2.15. The summed E-state index contributed by atoms with van der Waals surface area (Å²) >= 11 is 5.91. The number of anilines is 1. The number of carbonyl (C=O) groups excluding carboxylic acids is 3. The van der Waals surface area contributed by atoms with Gasteiger partial charge >= 0.3 is 5.97 Å². The highest BCUT2D eigenvalue weighted by molar-refractivity contribution is 6.31. The Bertz CT molecular complexity index is 815. The Hall–Kier alpha value is -2.80. The van der Waals surface area contributed by atoms with Gasteiger partial charge < -0.3 is 19.8 Å². The lowest BCUT2D eigenvalue weighted by Crippen LogP contribution is -2.30. The molecule has 1 aromatic heterocycles. The van der Waals surface area contributed by atoms with Crippen LogP contribution in [-0.4, -0.2) is 35.9 Å². The zero-order valence-electron chi connectivity index (χ0n) is 13.9. The van der Waals surface area contributed by atoms with E-state index in [1.165, 1.54) is 39.3 Å². The van der Waals surface area contributed by atoms with Crippen LogP contribution in [0.15, 0.2) is 30.5 Å². The van der Waals surface area contributed by atoms with E-state index in [-0.39, 0.29) is 11.5 Å². The van der Waals surface area contributed by atoms with Crippen molar-refractivity contribution in [1.29, 1.82) is 0 Å². The average molecular weight is 365 g/mol. The van der Waals surface area contributed by atoms with Gasteiger partial charge in [-0.2, -0.15) is 0 Å². The third-order valence-electron chi connectivity index (χ3n) is 3.38. The standard InChI is InChI=1S/C17H17ClN2O5/c1-9(21)11-6-14(19-8-11)17(23)25-10(2)16(22)20-13-7-12(18)4-5-15(13)24-3/h4-8,10,19H,1-3H3,(H,20,22)/t10-/m0/s1. The molecule has 0 aliphatic rings. The minimum Gasteiger partial charge on any atom is -0.495 e. The fourth-order valence-electron chi connectivity index (χ4n) is 2.01. The van der Waals surface area contributed by atoms with Gasteiger partial charge in [0, 0.05) is 16.8 Å². The SMILES string of the molecule is COc1ccc(Cl)cc1NC(=O)[C@H](C)OC(=O)c1cc(C(C)=O)c[nH]1. The first-order valence-corrected chi connectivity index (χ1v) is 7.74. The molecule has 0 aliphatic heterocycles. The van der Waals surface area contributed by atoms with Crippen LogP contribution in [0.3, 0.4) is 0 Å². The van der Waals surface area contributed by atoms with E-state index >= 15 is 0 Å². The summed E-state index contributed by atoms with van der Waals surface area (Å²) in [7, 11) is 1.46. The van der Waals surface area contributed by atoms with Gasteiger partial charge in [-0.05, 0) is 38.1 Å². The van der Waals surface area contributed by atoms with Crippen molar-refractivity contribution in [1.82, 2.24) is 4.98 Å². The van der Waals surface area contributed by atoms with Crippen LogP contribution in [0.2, 0.25) is 5.02 Å². The summed E-state index contributed by atoms with van der Waals surface area (Å²) in [6.07, 6.45) is 0.334. The number of amides is 1. The van der Waals surface area contributed by atoms with E-state index < -0.39 is 18.0 Å². The van der Waals surface area contributed by atoms with Crippen molar-refractivity contribution in [3.63, 3.8) is 0 Å². The number of Topliss-reactive ketones (excluding diaryl/α,β-unsaturated/α-hetero) is 1. The summed E-state index contributed by atoms with van der Waals surface area (Å²) in [5.74, 6) is -1.05. The fourth-order valence-corrected chi connectivity index (χ4v) is 2.18. The molecule has 2 rings (SSSR count). The van der Waals surface area contributed by atoms with E-state index in [2.05, 4.69) is 10.3 Å². The van der Waals surface area contributed by atoms with Crippen molar-refractivity contribution in [3.05, 3.63) is 46.7 Å². The summed E-state index contributed by atoms with van der Waals surface area (Å²) in [4.78, 5) is 38.1. The van der Waals surface area contributed by atoms with Gasteiger partial charge in [0.05, 0.1) is 12.8 Å². The van der Waals surface area contributed by atoms with Crippen molar-refractivity contribution in [2.45, 2.75) is 20.0 Å². The van der Waals surface area contributed by atoms with Gasteiger partial charge in [0.2, 0.25) is 0 Å². The second-order valence-electron chi connectivity index (χ2n) is 5.24.